The highest BCUT2D eigenvalue weighted by Gasteiger charge is 2.13. The zero-order valence-electron chi connectivity index (χ0n) is 11.7. The zero-order chi connectivity index (χ0) is 14.7. The van der Waals surface area contributed by atoms with Gasteiger partial charge in [0.2, 0.25) is 0 Å². The van der Waals surface area contributed by atoms with E-state index < -0.39 is 0 Å². The van der Waals surface area contributed by atoms with Crippen molar-refractivity contribution in [2.24, 2.45) is 0 Å². The first-order valence-corrected chi connectivity index (χ1v) is 6.74. The minimum Gasteiger partial charge on any atom is -0.395 e. The van der Waals surface area contributed by atoms with Gasteiger partial charge in [-0.05, 0) is 12.5 Å². The molecule has 0 spiro atoms. The van der Waals surface area contributed by atoms with Gasteiger partial charge >= 0.3 is 0 Å². The molecule has 0 fully saturated rings. The van der Waals surface area contributed by atoms with E-state index >= 15 is 0 Å². The number of hydrogen-bond donors (Lipinski definition) is 2. The summed E-state index contributed by atoms with van der Waals surface area (Å²) in [6.07, 6.45) is 0. The fourth-order valence-corrected chi connectivity index (χ4v) is 2.13. The van der Waals surface area contributed by atoms with Crippen molar-refractivity contribution in [2.75, 3.05) is 18.5 Å². The van der Waals surface area contributed by atoms with Crippen molar-refractivity contribution >= 4 is 17.0 Å². The molecule has 0 radical (unpaired) electrons. The molecule has 0 saturated carbocycles. The minimum absolute atomic E-state index is 0.0305. The average Bonchev–Trinajstić information content (AvgIpc) is 2.89. The number of aromatic nitrogens is 5. The summed E-state index contributed by atoms with van der Waals surface area (Å²) in [5.74, 6) is 1.24. The van der Waals surface area contributed by atoms with E-state index in [1.165, 1.54) is 0 Å². The number of hydrogen-bond acceptors (Lipinski definition) is 6. The fourth-order valence-electron chi connectivity index (χ4n) is 2.13. The molecule has 0 unspecified atom stereocenters. The molecule has 21 heavy (non-hydrogen) atoms. The molecule has 0 atom stereocenters. The predicted molar refractivity (Wildman–Crippen MR) is 79.0 cm³/mol. The number of nitrogens with one attached hydrogen (secondary N) is 1. The van der Waals surface area contributed by atoms with Gasteiger partial charge in [-0.15, -0.1) is 5.10 Å². The molecule has 2 N–H and O–H groups in total. The predicted octanol–water partition coefficient (Wildman–Crippen LogP) is 0.982. The van der Waals surface area contributed by atoms with Crippen LogP contribution in [0.4, 0.5) is 5.82 Å². The van der Waals surface area contributed by atoms with Gasteiger partial charge in [0.15, 0.2) is 17.0 Å². The van der Waals surface area contributed by atoms with Gasteiger partial charge < -0.3 is 10.4 Å². The van der Waals surface area contributed by atoms with E-state index in [1.54, 1.807) is 4.68 Å². The maximum atomic E-state index is 8.92. The van der Waals surface area contributed by atoms with E-state index in [2.05, 4.69) is 25.6 Å². The summed E-state index contributed by atoms with van der Waals surface area (Å²) in [4.78, 5) is 8.73. The molecule has 0 amide bonds. The lowest BCUT2D eigenvalue weighted by molar-refractivity contribution is 0.311. The summed E-state index contributed by atoms with van der Waals surface area (Å²) in [5, 5.41) is 20.3. The van der Waals surface area contributed by atoms with Crippen LogP contribution in [0.15, 0.2) is 30.3 Å². The SMILES string of the molecule is Cc1nc(NCCO)c2nnn(Cc3ccccc3)c2n1. The lowest BCUT2D eigenvalue weighted by Crippen LogP contribution is -2.09. The summed E-state index contributed by atoms with van der Waals surface area (Å²) in [6, 6.07) is 10.0. The third-order valence-corrected chi connectivity index (χ3v) is 3.05. The monoisotopic (exact) mass is 284 g/mol. The van der Waals surface area contributed by atoms with E-state index in [0.29, 0.717) is 35.9 Å². The molecular formula is C14H16N6O. The minimum atomic E-state index is 0.0305. The first-order chi connectivity index (χ1) is 10.3. The van der Waals surface area contributed by atoms with Crippen molar-refractivity contribution in [3.8, 4) is 0 Å². The Morgan fingerprint density at radius 2 is 2.00 bits per heavy atom. The summed E-state index contributed by atoms with van der Waals surface area (Å²) < 4.78 is 1.75. The van der Waals surface area contributed by atoms with Crippen LogP contribution in [0, 0.1) is 6.92 Å². The Labute approximate surface area is 121 Å². The van der Waals surface area contributed by atoms with Crippen LogP contribution < -0.4 is 5.32 Å². The molecule has 0 bridgehead atoms. The van der Waals surface area contributed by atoms with Crippen molar-refractivity contribution in [3.05, 3.63) is 41.7 Å². The standard InChI is InChI=1S/C14H16N6O/c1-10-16-13(15-7-8-21)12-14(17-10)20(19-18-12)9-11-5-3-2-4-6-11/h2-6,21H,7-9H2,1H3,(H,15,16,17). The maximum absolute atomic E-state index is 8.92. The van der Waals surface area contributed by atoms with Gasteiger partial charge in [0.1, 0.15) is 5.82 Å². The van der Waals surface area contributed by atoms with Gasteiger partial charge in [0.25, 0.3) is 0 Å². The van der Waals surface area contributed by atoms with Crippen LogP contribution in [0.5, 0.6) is 0 Å². The Morgan fingerprint density at radius 1 is 1.19 bits per heavy atom. The van der Waals surface area contributed by atoms with Gasteiger partial charge in [0, 0.05) is 6.54 Å². The Bertz CT molecular complexity index is 740. The van der Waals surface area contributed by atoms with Crippen LogP contribution >= 0.6 is 0 Å². The lowest BCUT2D eigenvalue weighted by atomic mass is 10.2. The molecule has 0 aliphatic heterocycles. The Hall–Kier alpha value is -2.54. The van der Waals surface area contributed by atoms with Crippen molar-refractivity contribution in [1.29, 1.82) is 0 Å². The summed E-state index contributed by atoms with van der Waals surface area (Å²) in [5.41, 5.74) is 2.43. The first-order valence-electron chi connectivity index (χ1n) is 6.74. The number of rotatable bonds is 5. The third kappa shape index (κ3) is 2.82. The van der Waals surface area contributed by atoms with Crippen molar-refractivity contribution in [2.45, 2.75) is 13.5 Å². The van der Waals surface area contributed by atoms with Crippen molar-refractivity contribution in [1.82, 2.24) is 25.0 Å². The quantitative estimate of drug-likeness (QED) is 0.726. The number of nitrogens with zero attached hydrogens (tertiary/aromatic N) is 5. The number of aryl methyl sites for hydroxylation is 1. The molecule has 1 aromatic carbocycles. The van der Waals surface area contributed by atoms with E-state index in [-0.39, 0.29) is 6.61 Å². The van der Waals surface area contributed by atoms with E-state index in [0.717, 1.165) is 5.56 Å². The fraction of sp³-hybridized carbons (Fsp3) is 0.286. The second-order valence-corrected chi connectivity index (χ2v) is 4.67. The van der Waals surface area contributed by atoms with Gasteiger partial charge in [-0.2, -0.15) is 0 Å². The second kappa shape index (κ2) is 5.84. The first kappa shape index (κ1) is 13.4. The topological polar surface area (TPSA) is 88.8 Å². The summed E-state index contributed by atoms with van der Waals surface area (Å²) >= 11 is 0. The van der Waals surface area contributed by atoms with E-state index in [9.17, 15) is 0 Å². The number of anilines is 1. The zero-order valence-corrected chi connectivity index (χ0v) is 11.7. The van der Waals surface area contributed by atoms with Crippen LogP contribution in [-0.4, -0.2) is 43.2 Å². The molecular weight excluding hydrogens is 268 g/mol. The Morgan fingerprint density at radius 3 is 2.76 bits per heavy atom. The van der Waals surface area contributed by atoms with E-state index in [1.807, 2.05) is 37.3 Å². The Balaban J connectivity index is 1.99. The van der Waals surface area contributed by atoms with Crippen LogP contribution in [0.25, 0.3) is 11.2 Å². The maximum Gasteiger partial charge on any atom is 0.184 e. The second-order valence-electron chi connectivity index (χ2n) is 4.67. The van der Waals surface area contributed by atoms with E-state index in [4.69, 9.17) is 5.11 Å². The molecule has 7 nitrogen and oxygen atoms in total. The molecule has 108 valence electrons. The molecule has 2 aromatic heterocycles. The number of fused-ring (bicyclic) bond motifs is 1. The van der Waals surface area contributed by atoms with Gasteiger partial charge in [0.05, 0.1) is 13.2 Å². The van der Waals surface area contributed by atoms with Crippen molar-refractivity contribution in [3.63, 3.8) is 0 Å². The number of benzene rings is 1. The summed E-state index contributed by atoms with van der Waals surface area (Å²) in [6.45, 7) is 2.87. The number of aliphatic hydroxyl groups excluding tert-OH is 1. The molecule has 3 rings (SSSR count). The molecule has 0 aliphatic carbocycles. The Kier molecular flexibility index (Phi) is 3.74. The molecule has 2 heterocycles. The van der Waals surface area contributed by atoms with Crippen LogP contribution in [0.1, 0.15) is 11.4 Å². The molecule has 7 heteroatoms. The van der Waals surface area contributed by atoms with Gasteiger partial charge in [-0.3, -0.25) is 0 Å². The van der Waals surface area contributed by atoms with Crippen LogP contribution in [0.3, 0.4) is 0 Å². The van der Waals surface area contributed by atoms with Gasteiger partial charge in [-0.25, -0.2) is 14.6 Å². The highest BCUT2D eigenvalue weighted by Crippen LogP contribution is 2.18. The summed E-state index contributed by atoms with van der Waals surface area (Å²) in [7, 11) is 0. The van der Waals surface area contributed by atoms with Crippen LogP contribution in [0.2, 0.25) is 0 Å². The molecule has 3 aromatic rings. The highest BCUT2D eigenvalue weighted by molar-refractivity contribution is 5.82. The molecule has 0 aliphatic rings. The van der Waals surface area contributed by atoms with Crippen LogP contribution in [-0.2, 0) is 6.54 Å². The van der Waals surface area contributed by atoms with Gasteiger partial charge in [-0.1, -0.05) is 35.5 Å². The smallest absolute Gasteiger partial charge is 0.184 e. The highest BCUT2D eigenvalue weighted by atomic mass is 16.3. The third-order valence-electron chi connectivity index (χ3n) is 3.05. The number of aliphatic hydroxyl groups is 1. The lowest BCUT2D eigenvalue weighted by Gasteiger charge is -2.06. The molecule has 0 saturated heterocycles. The largest absolute Gasteiger partial charge is 0.395 e. The van der Waals surface area contributed by atoms with Crippen molar-refractivity contribution < 1.29 is 5.11 Å². The normalized spacial score (nSPS) is 11.0. The average molecular weight is 284 g/mol.